The van der Waals surface area contributed by atoms with E-state index in [0.717, 1.165) is 0 Å². The number of aldehydes is 1. The van der Waals surface area contributed by atoms with Gasteiger partial charge in [-0.2, -0.15) is 5.10 Å². The van der Waals surface area contributed by atoms with Crippen LogP contribution in [0.25, 0.3) is 0 Å². The van der Waals surface area contributed by atoms with Crippen molar-refractivity contribution in [3.05, 3.63) is 18.0 Å². The van der Waals surface area contributed by atoms with Crippen LogP contribution in [0.2, 0.25) is 0 Å². The second kappa shape index (κ2) is 2.43. The number of rotatable bonds is 2. The van der Waals surface area contributed by atoms with Gasteiger partial charge in [-0.15, -0.1) is 0 Å². The van der Waals surface area contributed by atoms with Crippen LogP contribution < -0.4 is 0 Å². The Kier molecular flexibility index (Phi) is 1.62. The average molecular weight is 138 g/mol. The summed E-state index contributed by atoms with van der Waals surface area (Å²) < 4.78 is 1.47. The molecule has 0 amide bonds. The Hall–Kier alpha value is -1.45. The lowest BCUT2D eigenvalue weighted by atomic mass is 10.3. The molecule has 10 heavy (non-hydrogen) atoms. The highest BCUT2D eigenvalue weighted by atomic mass is 16.2. The minimum absolute atomic E-state index is 0.192. The summed E-state index contributed by atoms with van der Waals surface area (Å²) in [7, 11) is 1.68. The number of ketones is 1. The minimum atomic E-state index is -0.583. The average Bonchev–Trinajstić information content (AvgIpc) is 2.34. The van der Waals surface area contributed by atoms with Gasteiger partial charge in [0.2, 0.25) is 5.78 Å². The highest BCUT2D eigenvalue weighted by Gasteiger charge is 2.05. The molecule has 0 atom stereocenters. The van der Waals surface area contributed by atoms with E-state index in [4.69, 9.17) is 0 Å². The van der Waals surface area contributed by atoms with E-state index in [9.17, 15) is 9.59 Å². The number of carbonyl (C=O) groups is 2. The van der Waals surface area contributed by atoms with Crippen molar-refractivity contribution in [2.45, 2.75) is 0 Å². The van der Waals surface area contributed by atoms with Crippen molar-refractivity contribution in [3.63, 3.8) is 0 Å². The maximum atomic E-state index is 10.6. The van der Waals surface area contributed by atoms with Gasteiger partial charge < -0.3 is 0 Å². The first-order valence-corrected chi connectivity index (χ1v) is 2.73. The van der Waals surface area contributed by atoms with Crippen LogP contribution in [-0.2, 0) is 11.8 Å². The molecule has 4 nitrogen and oxygen atoms in total. The fourth-order valence-corrected chi connectivity index (χ4v) is 0.607. The topological polar surface area (TPSA) is 52.0 Å². The van der Waals surface area contributed by atoms with Crippen molar-refractivity contribution in [2.24, 2.45) is 7.05 Å². The summed E-state index contributed by atoms with van der Waals surface area (Å²) >= 11 is 0. The standard InChI is InChI=1S/C6H6N2O2/c1-8-3-2-5(7-8)6(10)4-9/h2-4H,1H3. The van der Waals surface area contributed by atoms with E-state index in [1.807, 2.05) is 0 Å². The SMILES string of the molecule is Cn1ccc(C(=O)C=O)n1. The predicted octanol–water partition coefficient (Wildman–Crippen LogP) is -0.198. The molecule has 0 unspecified atom stereocenters. The summed E-state index contributed by atoms with van der Waals surface area (Å²) in [5.74, 6) is -0.583. The van der Waals surface area contributed by atoms with Gasteiger partial charge in [-0.1, -0.05) is 0 Å². The Morgan fingerprint density at radius 2 is 2.50 bits per heavy atom. The maximum Gasteiger partial charge on any atom is 0.245 e. The van der Waals surface area contributed by atoms with E-state index in [1.54, 1.807) is 13.2 Å². The van der Waals surface area contributed by atoms with E-state index in [2.05, 4.69) is 5.10 Å². The van der Waals surface area contributed by atoms with E-state index in [0.29, 0.717) is 0 Å². The van der Waals surface area contributed by atoms with E-state index in [-0.39, 0.29) is 12.0 Å². The van der Waals surface area contributed by atoms with Crippen LogP contribution in [0.5, 0.6) is 0 Å². The van der Waals surface area contributed by atoms with E-state index in [1.165, 1.54) is 10.7 Å². The van der Waals surface area contributed by atoms with E-state index < -0.39 is 5.78 Å². The molecule has 1 rings (SSSR count). The van der Waals surface area contributed by atoms with Crippen molar-refractivity contribution in [1.29, 1.82) is 0 Å². The van der Waals surface area contributed by atoms with Gasteiger partial charge in [0.05, 0.1) is 0 Å². The van der Waals surface area contributed by atoms with Gasteiger partial charge in [0.1, 0.15) is 5.69 Å². The molecule has 0 fully saturated rings. The lowest BCUT2D eigenvalue weighted by molar-refractivity contribution is -0.104. The zero-order chi connectivity index (χ0) is 7.56. The maximum absolute atomic E-state index is 10.6. The molecule has 4 heteroatoms. The highest BCUT2D eigenvalue weighted by molar-refractivity contribution is 6.32. The number of hydrogen-bond donors (Lipinski definition) is 0. The Morgan fingerprint density at radius 1 is 1.80 bits per heavy atom. The second-order valence-corrected chi connectivity index (χ2v) is 1.86. The molecule has 0 aliphatic rings. The number of aryl methyl sites for hydroxylation is 1. The molecule has 0 radical (unpaired) electrons. The fourth-order valence-electron chi connectivity index (χ4n) is 0.607. The second-order valence-electron chi connectivity index (χ2n) is 1.86. The Bertz CT molecular complexity index is 264. The number of aromatic nitrogens is 2. The first-order chi connectivity index (χ1) is 4.74. The Labute approximate surface area is 57.5 Å². The van der Waals surface area contributed by atoms with Gasteiger partial charge in [-0.05, 0) is 6.07 Å². The molecule has 0 saturated carbocycles. The van der Waals surface area contributed by atoms with Crippen LogP contribution in [0, 0.1) is 0 Å². The Morgan fingerprint density at radius 3 is 2.90 bits per heavy atom. The molecular weight excluding hydrogens is 132 g/mol. The van der Waals surface area contributed by atoms with Gasteiger partial charge in [0.25, 0.3) is 0 Å². The summed E-state index contributed by atoms with van der Waals surface area (Å²) in [4.78, 5) is 20.5. The first kappa shape index (κ1) is 6.67. The minimum Gasteiger partial charge on any atom is -0.294 e. The molecule has 0 bridgehead atoms. The van der Waals surface area contributed by atoms with Crippen LogP contribution >= 0.6 is 0 Å². The van der Waals surface area contributed by atoms with Crippen LogP contribution in [-0.4, -0.2) is 21.8 Å². The van der Waals surface area contributed by atoms with Crippen LogP contribution in [0.15, 0.2) is 12.3 Å². The van der Waals surface area contributed by atoms with Crippen molar-refractivity contribution in [2.75, 3.05) is 0 Å². The van der Waals surface area contributed by atoms with Crippen molar-refractivity contribution in [1.82, 2.24) is 9.78 Å². The number of nitrogens with zero attached hydrogens (tertiary/aromatic N) is 2. The molecule has 1 aromatic rings. The smallest absolute Gasteiger partial charge is 0.245 e. The molecule has 0 spiro atoms. The lowest BCUT2D eigenvalue weighted by Crippen LogP contribution is -2.01. The van der Waals surface area contributed by atoms with Crippen LogP contribution in [0.1, 0.15) is 10.5 Å². The van der Waals surface area contributed by atoms with Crippen LogP contribution in [0.3, 0.4) is 0 Å². The third-order valence-electron chi connectivity index (χ3n) is 1.07. The summed E-state index contributed by atoms with van der Waals surface area (Å²) in [5.41, 5.74) is 0.192. The molecule has 0 aliphatic heterocycles. The lowest BCUT2D eigenvalue weighted by Gasteiger charge is -1.83. The monoisotopic (exact) mass is 138 g/mol. The summed E-state index contributed by atoms with van der Waals surface area (Å²) in [6, 6.07) is 1.50. The van der Waals surface area contributed by atoms with Gasteiger partial charge in [0, 0.05) is 13.2 Å². The summed E-state index contributed by atoms with van der Waals surface area (Å²) in [6.45, 7) is 0. The molecule has 1 heterocycles. The zero-order valence-electron chi connectivity index (χ0n) is 5.44. The van der Waals surface area contributed by atoms with E-state index >= 15 is 0 Å². The molecule has 0 saturated heterocycles. The van der Waals surface area contributed by atoms with Gasteiger partial charge >= 0.3 is 0 Å². The third kappa shape index (κ3) is 1.10. The fraction of sp³-hybridized carbons (Fsp3) is 0.167. The molecule has 1 aromatic heterocycles. The molecule has 0 N–H and O–H groups in total. The zero-order valence-corrected chi connectivity index (χ0v) is 5.44. The first-order valence-electron chi connectivity index (χ1n) is 2.73. The number of Topliss-reactive ketones (excluding diaryl/α,β-unsaturated/α-hetero) is 1. The quantitative estimate of drug-likeness (QED) is 0.323. The van der Waals surface area contributed by atoms with Crippen molar-refractivity contribution < 1.29 is 9.59 Å². The molecular formula is C6H6N2O2. The van der Waals surface area contributed by atoms with Crippen molar-refractivity contribution in [3.8, 4) is 0 Å². The number of carbonyl (C=O) groups excluding carboxylic acids is 2. The van der Waals surface area contributed by atoms with Gasteiger partial charge in [-0.25, -0.2) is 0 Å². The molecule has 0 aromatic carbocycles. The molecule has 52 valence electrons. The van der Waals surface area contributed by atoms with Gasteiger partial charge in [0.15, 0.2) is 6.29 Å². The summed E-state index contributed by atoms with van der Waals surface area (Å²) in [5, 5.41) is 3.72. The van der Waals surface area contributed by atoms with Crippen LogP contribution in [0.4, 0.5) is 0 Å². The Balaban J connectivity index is 2.95. The van der Waals surface area contributed by atoms with Gasteiger partial charge in [-0.3, -0.25) is 14.3 Å². The summed E-state index contributed by atoms with van der Waals surface area (Å²) in [6.07, 6.45) is 1.86. The number of hydrogen-bond acceptors (Lipinski definition) is 3. The third-order valence-corrected chi connectivity index (χ3v) is 1.07. The predicted molar refractivity (Wildman–Crippen MR) is 33.6 cm³/mol. The molecule has 0 aliphatic carbocycles. The normalized spacial score (nSPS) is 9.30. The highest BCUT2D eigenvalue weighted by Crippen LogP contribution is 1.92. The largest absolute Gasteiger partial charge is 0.294 e. The van der Waals surface area contributed by atoms with Crippen molar-refractivity contribution >= 4 is 12.1 Å².